The first-order chi connectivity index (χ1) is 35.1. The van der Waals surface area contributed by atoms with Gasteiger partial charge < -0.3 is 5.53 Å². The fourth-order valence-corrected chi connectivity index (χ4v) is 12.3. The van der Waals surface area contributed by atoms with Gasteiger partial charge in [0.2, 0.25) is 11.4 Å². The molecule has 0 saturated heterocycles. The molecule has 0 bridgehead atoms. The van der Waals surface area contributed by atoms with Gasteiger partial charge in [-0.25, -0.2) is 4.70 Å². The smallest absolute Gasteiger partial charge is 0.0654 e. The molecule has 1 heterocycles. The van der Waals surface area contributed by atoms with E-state index in [9.17, 15) is 5.53 Å². The minimum absolute atomic E-state index is 0.901. The van der Waals surface area contributed by atoms with Crippen LogP contribution in [0.25, 0.3) is 16.9 Å². The summed E-state index contributed by atoms with van der Waals surface area (Å²) in [5.74, 6) is 0. The number of unbranched alkanes of at least 4 members (excludes halogenated alkanes) is 37. The quantitative estimate of drug-likeness (QED) is 0.0359. The van der Waals surface area contributed by atoms with Crippen LogP contribution in [0.3, 0.4) is 0 Å². The fourth-order valence-electron chi connectivity index (χ4n) is 10.3. The molecule has 1 aliphatic heterocycles. The molecular weight excluding hydrogens is 951 g/mol. The van der Waals surface area contributed by atoms with Crippen molar-refractivity contribution in [1.82, 2.24) is 0 Å². The van der Waals surface area contributed by atoms with E-state index in [-0.39, 0.29) is 0 Å². The second kappa shape index (κ2) is 49.1. The van der Waals surface area contributed by atoms with E-state index in [1.54, 1.807) is 9.79 Å². The molecule has 0 N–H and O–H groups in total. The predicted molar refractivity (Wildman–Crippen MR) is 315 cm³/mol. The van der Waals surface area contributed by atoms with E-state index in [0.717, 1.165) is 59.8 Å². The SMILES string of the molecule is CCCCCCCCC1=C(c2ccc(CCCCC)cc2)[N+](=[N-])C(c2ccc(CCCCC)cc2)=C1.CCCCCCCCCCCCCCCC[CH2][Pd][CH2]CCCCCCCCCCCCCCCC. The van der Waals surface area contributed by atoms with Crippen LogP contribution in [0.2, 0.25) is 9.79 Å². The van der Waals surface area contributed by atoms with Crippen LogP contribution in [-0.2, 0) is 30.8 Å². The molecule has 2 aromatic rings. The summed E-state index contributed by atoms with van der Waals surface area (Å²) in [5.41, 5.74) is 19.5. The van der Waals surface area contributed by atoms with Gasteiger partial charge >= 0.3 is 169 Å². The molecule has 0 aromatic heterocycles. The van der Waals surface area contributed by atoms with Crippen molar-refractivity contribution < 1.29 is 22.7 Å². The van der Waals surface area contributed by atoms with Gasteiger partial charge in [0, 0.05) is 22.8 Å². The summed E-state index contributed by atoms with van der Waals surface area (Å²) in [6.45, 7) is 11.4. The number of hydrogen-bond acceptors (Lipinski definition) is 0. The molecule has 0 amide bonds. The average Bonchev–Trinajstić information content (AvgIpc) is 3.72. The van der Waals surface area contributed by atoms with E-state index in [4.69, 9.17) is 0 Å². The first kappa shape index (κ1) is 65.3. The summed E-state index contributed by atoms with van der Waals surface area (Å²) in [4.78, 5) is 3.09. The van der Waals surface area contributed by atoms with Crippen LogP contribution >= 0.6 is 0 Å². The number of allylic oxidation sites excluding steroid dienone is 2. The van der Waals surface area contributed by atoms with Gasteiger partial charge in [0.05, 0.1) is 0 Å². The van der Waals surface area contributed by atoms with Gasteiger partial charge in [-0.3, -0.25) is 0 Å². The molecule has 0 atom stereocenters. The summed E-state index contributed by atoms with van der Waals surface area (Å²) in [6, 6.07) is 17.7. The van der Waals surface area contributed by atoms with Gasteiger partial charge in [-0.15, -0.1) is 0 Å². The first-order valence-electron chi connectivity index (χ1n) is 31.7. The summed E-state index contributed by atoms with van der Waals surface area (Å²) >= 11 is 1.06. The van der Waals surface area contributed by atoms with Crippen LogP contribution in [-0.4, -0.2) is 4.70 Å². The van der Waals surface area contributed by atoms with Crippen molar-refractivity contribution >= 4 is 11.4 Å². The van der Waals surface area contributed by atoms with Gasteiger partial charge in [-0.2, -0.15) is 0 Å². The second-order valence-electron chi connectivity index (χ2n) is 21.9. The van der Waals surface area contributed by atoms with Crippen molar-refractivity contribution in [3.63, 3.8) is 0 Å². The zero-order chi connectivity index (χ0) is 50.9. The van der Waals surface area contributed by atoms with Crippen LogP contribution in [0.15, 0.2) is 60.2 Å². The molecule has 71 heavy (non-hydrogen) atoms. The Hall–Kier alpha value is -1.82. The zero-order valence-electron chi connectivity index (χ0n) is 48.1. The van der Waals surface area contributed by atoms with Crippen LogP contribution in [0, 0.1) is 0 Å². The van der Waals surface area contributed by atoms with Crippen molar-refractivity contribution in [2.45, 2.75) is 333 Å². The topological polar surface area (TPSA) is 25.3 Å². The Bertz CT molecular complexity index is 1500. The van der Waals surface area contributed by atoms with Crippen molar-refractivity contribution in [2.75, 3.05) is 0 Å². The minimum atomic E-state index is 0.901. The van der Waals surface area contributed by atoms with Crippen molar-refractivity contribution in [3.05, 3.63) is 88.0 Å². The Morgan fingerprint density at radius 3 is 0.915 bits per heavy atom. The van der Waals surface area contributed by atoms with Crippen LogP contribution < -0.4 is 0 Å². The number of hydrogen-bond donors (Lipinski definition) is 0. The third-order valence-corrected chi connectivity index (χ3v) is 17.3. The van der Waals surface area contributed by atoms with E-state index >= 15 is 0 Å². The van der Waals surface area contributed by atoms with Gasteiger partial charge in [0.15, 0.2) is 0 Å². The van der Waals surface area contributed by atoms with E-state index in [0.29, 0.717) is 0 Å². The molecule has 0 unspecified atom stereocenters. The van der Waals surface area contributed by atoms with Gasteiger partial charge in [-0.1, -0.05) is 168 Å². The molecular formula is C68H118N2Pd. The summed E-state index contributed by atoms with van der Waals surface area (Å²) in [5, 5.41) is 0. The Morgan fingerprint density at radius 2 is 0.577 bits per heavy atom. The number of benzene rings is 2. The Kier molecular flexibility index (Phi) is 45.1. The molecule has 2 aromatic carbocycles. The van der Waals surface area contributed by atoms with Crippen LogP contribution in [0.4, 0.5) is 0 Å². The van der Waals surface area contributed by atoms with Crippen molar-refractivity contribution in [2.24, 2.45) is 0 Å². The molecule has 2 nitrogen and oxygen atoms in total. The maximum atomic E-state index is 11.4. The average molecular weight is 1070 g/mol. The third-order valence-electron chi connectivity index (χ3n) is 15.1. The molecule has 1 aliphatic rings. The van der Waals surface area contributed by atoms with Crippen LogP contribution in [0.5, 0.6) is 0 Å². The van der Waals surface area contributed by atoms with Crippen LogP contribution in [0.1, 0.15) is 333 Å². The van der Waals surface area contributed by atoms with Gasteiger partial charge in [0.25, 0.3) is 0 Å². The van der Waals surface area contributed by atoms with Gasteiger partial charge in [-0.05, 0) is 73.9 Å². The Labute approximate surface area is 452 Å². The first-order valence-corrected chi connectivity index (χ1v) is 33.9. The van der Waals surface area contributed by atoms with E-state index < -0.39 is 0 Å². The van der Waals surface area contributed by atoms with Crippen molar-refractivity contribution in [1.29, 1.82) is 0 Å². The molecule has 0 spiro atoms. The Morgan fingerprint density at radius 1 is 0.310 bits per heavy atom. The number of nitrogens with zero attached hydrogens (tertiary/aromatic N) is 2. The molecule has 0 aliphatic carbocycles. The van der Waals surface area contributed by atoms with Crippen molar-refractivity contribution in [3.8, 4) is 0 Å². The van der Waals surface area contributed by atoms with E-state index in [2.05, 4.69) is 89.2 Å². The monoisotopic (exact) mass is 1070 g/mol. The molecule has 3 rings (SSSR count). The summed E-state index contributed by atoms with van der Waals surface area (Å²) < 4.78 is 1.45. The zero-order valence-corrected chi connectivity index (χ0v) is 49.7. The third kappa shape index (κ3) is 35.1. The number of aryl methyl sites for hydroxylation is 2. The molecule has 410 valence electrons. The van der Waals surface area contributed by atoms with Gasteiger partial charge in [0.1, 0.15) is 0 Å². The summed E-state index contributed by atoms with van der Waals surface area (Å²) in [6.07, 6.45) is 65.3. The minimum Gasteiger partial charge on any atom is -0.0654 e. The summed E-state index contributed by atoms with van der Waals surface area (Å²) in [7, 11) is 0. The Balaban J connectivity index is 0.000000487. The molecule has 0 saturated carbocycles. The fraction of sp³-hybridized carbons (Fsp3) is 0.765. The molecule has 0 fully saturated rings. The van der Waals surface area contributed by atoms with E-state index in [1.807, 2.05) is 0 Å². The van der Waals surface area contributed by atoms with E-state index in [1.165, 1.54) is 291 Å². The normalized spacial score (nSPS) is 12.6. The standard InChI is InChI=1S/C34H48N2.2C17H35.Pd/c1-4-7-10-11-12-15-18-32-27-33(30-23-19-28(20-24-30)16-13-8-5-2)36(35)34(32)31-25-21-29(22-26-31)17-14-9-6-3;2*1-3-5-7-9-11-13-15-17-16-14-12-10-8-6-4-2;/h19-27H,4-18H2,1-3H3;2*1,3-17H2,2H3;. The number of rotatable bonds is 49. The second-order valence-corrected chi connectivity index (χ2v) is 24.2. The molecule has 0 radical (unpaired) electrons. The maximum absolute atomic E-state index is 11.4. The molecule has 3 heteroatoms. The predicted octanol–water partition coefficient (Wildman–Crippen LogP) is 24.4.